The SMILES string of the molecule is O=C(NC12CC(C1)C2)c1c(Cl)cccc1I. The van der Waals surface area contributed by atoms with Gasteiger partial charge in [-0.25, -0.2) is 0 Å². The molecular weight excluding hydrogens is 336 g/mol. The van der Waals surface area contributed by atoms with Crippen LogP contribution in [0.2, 0.25) is 5.02 Å². The van der Waals surface area contributed by atoms with Crippen LogP contribution in [0.4, 0.5) is 0 Å². The van der Waals surface area contributed by atoms with Gasteiger partial charge in [0.2, 0.25) is 0 Å². The molecule has 1 N–H and O–H groups in total. The van der Waals surface area contributed by atoms with Gasteiger partial charge in [0.25, 0.3) is 5.91 Å². The molecule has 4 rings (SSSR count). The minimum atomic E-state index is -0.0202. The number of benzene rings is 1. The van der Waals surface area contributed by atoms with Crippen LogP contribution in [0.15, 0.2) is 18.2 Å². The summed E-state index contributed by atoms with van der Waals surface area (Å²) in [6, 6.07) is 5.53. The lowest BCUT2D eigenvalue weighted by molar-refractivity contribution is -0.0438. The van der Waals surface area contributed by atoms with Crippen LogP contribution in [0.5, 0.6) is 0 Å². The Kier molecular flexibility index (Phi) is 2.44. The molecule has 0 unspecified atom stereocenters. The van der Waals surface area contributed by atoms with Crippen molar-refractivity contribution in [2.75, 3.05) is 0 Å². The number of carbonyl (C=O) groups is 1. The molecule has 1 amide bonds. The Labute approximate surface area is 113 Å². The Morgan fingerprint density at radius 1 is 1.44 bits per heavy atom. The Morgan fingerprint density at radius 3 is 2.62 bits per heavy atom. The van der Waals surface area contributed by atoms with Gasteiger partial charge in [0, 0.05) is 9.11 Å². The molecule has 3 fully saturated rings. The lowest BCUT2D eigenvalue weighted by Gasteiger charge is -2.61. The van der Waals surface area contributed by atoms with Crippen molar-refractivity contribution >= 4 is 40.1 Å². The predicted molar refractivity (Wildman–Crippen MR) is 71.7 cm³/mol. The van der Waals surface area contributed by atoms with Crippen LogP contribution in [0.3, 0.4) is 0 Å². The minimum Gasteiger partial charge on any atom is -0.346 e. The molecule has 3 saturated carbocycles. The second kappa shape index (κ2) is 3.60. The molecule has 0 atom stereocenters. The molecule has 0 aliphatic heterocycles. The van der Waals surface area contributed by atoms with Crippen LogP contribution >= 0.6 is 34.2 Å². The quantitative estimate of drug-likeness (QED) is 0.818. The Hall–Kier alpha value is -0.290. The highest BCUT2D eigenvalue weighted by Gasteiger charge is 2.57. The summed E-state index contributed by atoms with van der Waals surface area (Å²) in [5.41, 5.74) is 0.735. The number of nitrogens with one attached hydrogen (secondary N) is 1. The molecule has 0 aromatic heterocycles. The summed E-state index contributed by atoms with van der Waals surface area (Å²) in [5, 5.41) is 3.67. The molecule has 0 radical (unpaired) electrons. The highest BCUT2D eigenvalue weighted by Crippen LogP contribution is 2.57. The number of rotatable bonds is 2. The van der Waals surface area contributed by atoms with E-state index in [-0.39, 0.29) is 11.4 Å². The average Bonchev–Trinajstić information content (AvgIpc) is 2.09. The maximum Gasteiger partial charge on any atom is 0.254 e. The first-order valence-electron chi connectivity index (χ1n) is 5.36. The zero-order chi connectivity index (χ0) is 11.3. The van der Waals surface area contributed by atoms with Gasteiger partial charge in [-0.2, -0.15) is 0 Å². The average molecular weight is 348 g/mol. The summed E-state index contributed by atoms with van der Waals surface area (Å²) in [4.78, 5) is 12.1. The Bertz CT molecular complexity index is 437. The van der Waals surface area contributed by atoms with Crippen LogP contribution < -0.4 is 5.32 Å². The van der Waals surface area contributed by atoms with Crippen molar-refractivity contribution in [1.29, 1.82) is 0 Å². The summed E-state index contributed by atoms with van der Waals surface area (Å²) in [6.45, 7) is 0. The number of hydrogen-bond donors (Lipinski definition) is 1. The lowest BCUT2D eigenvalue weighted by Crippen LogP contribution is -2.68. The zero-order valence-corrected chi connectivity index (χ0v) is 11.5. The number of hydrogen-bond acceptors (Lipinski definition) is 1. The maximum atomic E-state index is 12.1. The minimum absolute atomic E-state index is 0.0202. The molecule has 84 valence electrons. The van der Waals surface area contributed by atoms with Crippen LogP contribution in [-0.4, -0.2) is 11.4 Å². The van der Waals surface area contributed by atoms with Crippen molar-refractivity contribution < 1.29 is 4.79 Å². The molecular formula is C12H11ClINO. The van der Waals surface area contributed by atoms with Crippen molar-refractivity contribution in [3.8, 4) is 0 Å². The third-order valence-electron chi connectivity index (χ3n) is 3.61. The Balaban J connectivity index is 1.83. The normalized spacial score (nSPS) is 30.2. The van der Waals surface area contributed by atoms with Gasteiger partial charge >= 0.3 is 0 Å². The van der Waals surface area contributed by atoms with E-state index in [1.807, 2.05) is 12.1 Å². The summed E-state index contributed by atoms with van der Waals surface area (Å²) >= 11 is 8.21. The molecule has 3 aliphatic carbocycles. The predicted octanol–water partition coefficient (Wildman–Crippen LogP) is 3.23. The molecule has 1 aromatic rings. The zero-order valence-electron chi connectivity index (χ0n) is 8.59. The highest BCUT2D eigenvalue weighted by atomic mass is 127. The number of carbonyl (C=O) groups excluding carboxylic acids is 1. The molecule has 4 heteroatoms. The van der Waals surface area contributed by atoms with E-state index in [0.29, 0.717) is 10.6 Å². The van der Waals surface area contributed by atoms with Gasteiger partial charge in [0.05, 0.1) is 10.6 Å². The summed E-state index contributed by atoms with van der Waals surface area (Å²) < 4.78 is 0.911. The van der Waals surface area contributed by atoms with Gasteiger partial charge in [0.1, 0.15) is 0 Å². The summed E-state index contributed by atoms with van der Waals surface area (Å²) in [5.74, 6) is 0.846. The van der Waals surface area contributed by atoms with E-state index < -0.39 is 0 Å². The van der Waals surface area contributed by atoms with Crippen LogP contribution in [0.25, 0.3) is 0 Å². The van der Waals surface area contributed by atoms with Crippen LogP contribution in [0, 0.1) is 9.49 Å². The van der Waals surface area contributed by atoms with E-state index in [2.05, 4.69) is 27.9 Å². The first kappa shape index (κ1) is 10.8. The molecule has 3 aliphatic rings. The fourth-order valence-electron chi connectivity index (χ4n) is 2.65. The van der Waals surface area contributed by atoms with E-state index in [1.165, 1.54) is 0 Å². The molecule has 0 heterocycles. The number of halogens is 2. The van der Waals surface area contributed by atoms with Gasteiger partial charge in [-0.3, -0.25) is 4.79 Å². The molecule has 2 bridgehead atoms. The Morgan fingerprint density at radius 2 is 2.12 bits per heavy atom. The molecule has 1 aromatic carbocycles. The van der Waals surface area contributed by atoms with E-state index >= 15 is 0 Å². The number of amides is 1. The smallest absolute Gasteiger partial charge is 0.254 e. The first-order chi connectivity index (χ1) is 7.60. The van der Waals surface area contributed by atoms with Gasteiger partial charge in [0.15, 0.2) is 0 Å². The standard InChI is InChI=1S/C12H11ClINO/c13-8-2-1-3-9(14)10(8)11(16)15-12-4-7(5-12)6-12/h1-3,7H,4-6H2,(H,15,16). The second-order valence-corrected chi connectivity index (χ2v) is 6.38. The third kappa shape index (κ3) is 1.56. The highest BCUT2D eigenvalue weighted by molar-refractivity contribution is 14.1. The largest absolute Gasteiger partial charge is 0.346 e. The van der Waals surface area contributed by atoms with E-state index in [9.17, 15) is 4.79 Å². The van der Waals surface area contributed by atoms with Crippen molar-refractivity contribution in [2.45, 2.75) is 24.8 Å². The van der Waals surface area contributed by atoms with E-state index in [0.717, 1.165) is 28.8 Å². The van der Waals surface area contributed by atoms with Crippen molar-refractivity contribution in [3.05, 3.63) is 32.4 Å². The molecule has 0 saturated heterocycles. The van der Waals surface area contributed by atoms with Gasteiger partial charge in [-0.15, -0.1) is 0 Å². The van der Waals surface area contributed by atoms with Crippen LogP contribution in [-0.2, 0) is 0 Å². The third-order valence-corrected chi connectivity index (χ3v) is 4.82. The molecule has 2 nitrogen and oxygen atoms in total. The topological polar surface area (TPSA) is 29.1 Å². The first-order valence-corrected chi connectivity index (χ1v) is 6.82. The molecule has 16 heavy (non-hydrogen) atoms. The second-order valence-electron chi connectivity index (χ2n) is 4.81. The monoisotopic (exact) mass is 347 g/mol. The van der Waals surface area contributed by atoms with Crippen molar-refractivity contribution in [3.63, 3.8) is 0 Å². The van der Waals surface area contributed by atoms with E-state index in [4.69, 9.17) is 11.6 Å². The molecule has 0 spiro atoms. The van der Waals surface area contributed by atoms with Crippen LogP contribution in [0.1, 0.15) is 29.6 Å². The maximum absolute atomic E-state index is 12.1. The van der Waals surface area contributed by atoms with Crippen molar-refractivity contribution in [1.82, 2.24) is 5.32 Å². The summed E-state index contributed by atoms with van der Waals surface area (Å²) in [7, 11) is 0. The van der Waals surface area contributed by atoms with E-state index in [1.54, 1.807) is 6.07 Å². The van der Waals surface area contributed by atoms with Gasteiger partial charge < -0.3 is 5.32 Å². The fourth-order valence-corrected chi connectivity index (χ4v) is 3.81. The summed E-state index contributed by atoms with van der Waals surface area (Å²) in [6.07, 6.45) is 3.46. The lowest BCUT2D eigenvalue weighted by atomic mass is 9.50. The fraction of sp³-hybridized carbons (Fsp3) is 0.417. The van der Waals surface area contributed by atoms with Crippen molar-refractivity contribution in [2.24, 2.45) is 5.92 Å². The van der Waals surface area contributed by atoms with Gasteiger partial charge in [-0.05, 0) is 59.9 Å². The van der Waals surface area contributed by atoms with Gasteiger partial charge in [-0.1, -0.05) is 17.7 Å².